The molecule has 0 fully saturated rings. The van der Waals surface area contributed by atoms with Crippen LogP contribution >= 0.6 is 11.8 Å². The average molecular weight is 214 g/mol. The Balaban J connectivity index is 2.50. The molecule has 0 amide bonds. The summed E-state index contributed by atoms with van der Waals surface area (Å²) in [5.41, 5.74) is 11.0. The van der Waals surface area contributed by atoms with Crippen LogP contribution in [0.2, 0.25) is 0 Å². The molecule has 0 radical (unpaired) electrons. The van der Waals surface area contributed by atoms with Crippen molar-refractivity contribution in [2.45, 2.75) is 24.6 Å². The van der Waals surface area contributed by atoms with Crippen molar-refractivity contribution in [2.75, 3.05) is 17.2 Å². The minimum absolute atomic E-state index is 0.305. The van der Waals surface area contributed by atoms with Crippen LogP contribution in [0.3, 0.4) is 0 Å². The molecule has 0 aromatic carbocycles. The van der Waals surface area contributed by atoms with Gasteiger partial charge in [0, 0.05) is 11.8 Å². The number of aliphatic hydroxyl groups excluding tert-OH is 1. The maximum Gasteiger partial charge on any atom is 0.191 e. The molecule has 5 nitrogen and oxygen atoms in total. The SMILES string of the molecule is CC(O)CCSc1nc(N)cc(N)n1. The number of aromatic nitrogens is 2. The Morgan fingerprint density at radius 1 is 1.43 bits per heavy atom. The topological polar surface area (TPSA) is 98.0 Å². The molecule has 6 heteroatoms. The lowest BCUT2D eigenvalue weighted by molar-refractivity contribution is 0.192. The van der Waals surface area contributed by atoms with Crippen LogP contribution in [0.4, 0.5) is 11.6 Å². The van der Waals surface area contributed by atoms with Crippen LogP contribution in [0.15, 0.2) is 11.2 Å². The Labute approximate surface area is 86.9 Å². The maximum absolute atomic E-state index is 9.04. The van der Waals surface area contributed by atoms with E-state index < -0.39 is 0 Å². The van der Waals surface area contributed by atoms with Crippen LogP contribution in [-0.4, -0.2) is 26.9 Å². The fourth-order valence-corrected chi connectivity index (χ4v) is 1.83. The highest BCUT2D eigenvalue weighted by molar-refractivity contribution is 7.99. The predicted octanol–water partition coefficient (Wildman–Crippen LogP) is 0.504. The molecule has 0 saturated carbocycles. The van der Waals surface area contributed by atoms with E-state index in [9.17, 15) is 0 Å². The van der Waals surface area contributed by atoms with Gasteiger partial charge in [0.1, 0.15) is 11.6 Å². The Kier molecular flexibility index (Phi) is 3.97. The highest BCUT2D eigenvalue weighted by Crippen LogP contribution is 2.17. The standard InChI is InChI=1S/C8H14N4OS/c1-5(13)2-3-14-8-11-6(9)4-7(10)12-8/h4-5,13H,2-3H2,1H3,(H4,9,10,11,12). The normalized spacial score (nSPS) is 12.7. The summed E-state index contributed by atoms with van der Waals surface area (Å²) >= 11 is 1.43. The van der Waals surface area contributed by atoms with E-state index in [1.54, 1.807) is 6.92 Å². The Hall–Kier alpha value is -1.01. The molecule has 0 aliphatic heterocycles. The van der Waals surface area contributed by atoms with Gasteiger partial charge in [-0.1, -0.05) is 11.8 Å². The zero-order valence-electron chi connectivity index (χ0n) is 7.97. The van der Waals surface area contributed by atoms with E-state index in [1.807, 2.05) is 0 Å². The molecule has 1 heterocycles. The molecule has 0 aliphatic rings. The smallest absolute Gasteiger partial charge is 0.191 e. The van der Waals surface area contributed by atoms with Crippen molar-refractivity contribution in [3.63, 3.8) is 0 Å². The van der Waals surface area contributed by atoms with Gasteiger partial charge in [0.2, 0.25) is 0 Å². The minimum Gasteiger partial charge on any atom is -0.393 e. The number of aliphatic hydroxyl groups is 1. The largest absolute Gasteiger partial charge is 0.393 e. The number of nitrogens with two attached hydrogens (primary N) is 2. The molecule has 1 rings (SSSR count). The van der Waals surface area contributed by atoms with Crippen molar-refractivity contribution in [3.8, 4) is 0 Å². The van der Waals surface area contributed by atoms with Gasteiger partial charge in [-0.05, 0) is 13.3 Å². The molecule has 0 aliphatic carbocycles. The van der Waals surface area contributed by atoms with Crippen molar-refractivity contribution in [3.05, 3.63) is 6.07 Å². The lowest BCUT2D eigenvalue weighted by Gasteiger charge is -2.03. The summed E-state index contributed by atoms with van der Waals surface area (Å²) in [6.45, 7) is 1.75. The van der Waals surface area contributed by atoms with Crippen LogP contribution in [-0.2, 0) is 0 Å². The third kappa shape index (κ3) is 3.80. The average Bonchev–Trinajstić information content (AvgIpc) is 2.01. The molecule has 0 saturated heterocycles. The first-order valence-electron chi connectivity index (χ1n) is 4.29. The minimum atomic E-state index is -0.305. The summed E-state index contributed by atoms with van der Waals surface area (Å²) in [6.07, 6.45) is 0.392. The van der Waals surface area contributed by atoms with Gasteiger partial charge in [0.15, 0.2) is 5.16 Å². The summed E-state index contributed by atoms with van der Waals surface area (Å²) < 4.78 is 0. The number of hydrogen-bond donors (Lipinski definition) is 3. The van der Waals surface area contributed by atoms with E-state index in [1.165, 1.54) is 17.8 Å². The number of nitrogen functional groups attached to an aromatic ring is 2. The molecule has 78 valence electrons. The zero-order valence-corrected chi connectivity index (χ0v) is 8.79. The summed E-state index contributed by atoms with van der Waals surface area (Å²) in [4.78, 5) is 8.00. The molecule has 14 heavy (non-hydrogen) atoms. The third-order valence-corrected chi connectivity index (χ3v) is 2.39. The summed E-state index contributed by atoms with van der Waals surface area (Å²) in [5, 5.41) is 9.59. The first kappa shape index (κ1) is 11.1. The molecule has 1 aromatic heterocycles. The number of nitrogens with zero attached hydrogens (tertiary/aromatic N) is 2. The monoisotopic (exact) mass is 214 g/mol. The van der Waals surface area contributed by atoms with Crippen LogP contribution < -0.4 is 11.5 Å². The van der Waals surface area contributed by atoms with E-state index in [0.29, 0.717) is 23.2 Å². The van der Waals surface area contributed by atoms with E-state index in [0.717, 1.165) is 5.75 Å². The van der Waals surface area contributed by atoms with Gasteiger partial charge < -0.3 is 16.6 Å². The van der Waals surface area contributed by atoms with Crippen molar-refractivity contribution >= 4 is 23.4 Å². The molecule has 1 aromatic rings. The predicted molar refractivity (Wildman–Crippen MR) is 57.9 cm³/mol. The lowest BCUT2D eigenvalue weighted by Crippen LogP contribution is -2.02. The van der Waals surface area contributed by atoms with Gasteiger partial charge in [0.05, 0.1) is 6.10 Å². The highest BCUT2D eigenvalue weighted by atomic mass is 32.2. The van der Waals surface area contributed by atoms with Crippen LogP contribution in [0.5, 0.6) is 0 Å². The van der Waals surface area contributed by atoms with Crippen molar-refractivity contribution in [1.29, 1.82) is 0 Å². The molecule has 0 bridgehead atoms. The van der Waals surface area contributed by atoms with Gasteiger partial charge >= 0.3 is 0 Å². The van der Waals surface area contributed by atoms with Crippen molar-refractivity contribution in [1.82, 2.24) is 9.97 Å². The second-order valence-corrected chi connectivity index (χ2v) is 4.05. The maximum atomic E-state index is 9.04. The van der Waals surface area contributed by atoms with Crippen molar-refractivity contribution in [2.24, 2.45) is 0 Å². The van der Waals surface area contributed by atoms with Gasteiger partial charge in [-0.2, -0.15) is 0 Å². The van der Waals surface area contributed by atoms with Gasteiger partial charge in [-0.3, -0.25) is 0 Å². The molecular formula is C8H14N4OS. The molecule has 1 atom stereocenters. The Bertz CT molecular complexity index is 285. The zero-order chi connectivity index (χ0) is 10.6. The fourth-order valence-electron chi connectivity index (χ4n) is 0.847. The lowest BCUT2D eigenvalue weighted by atomic mass is 10.3. The van der Waals surface area contributed by atoms with Gasteiger partial charge in [-0.25, -0.2) is 9.97 Å². The second-order valence-electron chi connectivity index (χ2n) is 2.99. The Morgan fingerprint density at radius 3 is 2.50 bits per heavy atom. The Morgan fingerprint density at radius 2 is 2.00 bits per heavy atom. The van der Waals surface area contributed by atoms with Crippen LogP contribution in [0, 0.1) is 0 Å². The fraction of sp³-hybridized carbons (Fsp3) is 0.500. The van der Waals surface area contributed by atoms with E-state index >= 15 is 0 Å². The quantitative estimate of drug-likeness (QED) is 0.499. The molecule has 0 spiro atoms. The number of rotatable bonds is 4. The molecule has 5 N–H and O–H groups in total. The molecular weight excluding hydrogens is 200 g/mol. The first-order valence-corrected chi connectivity index (χ1v) is 5.27. The van der Waals surface area contributed by atoms with Gasteiger partial charge in [0.25, 0.3) is 0 Å². The van der Waals surface area contributed by atoms with Crippen molar-refractivity contribution < 1.29 is 5.11 Å². The number of anilines is 2. The molecule has 1 unspecified atom stereocenters. The van der Waals surface area contributed by atoms with E-state index in [2.05, 4.69) is 9.97 Å². The second kappa shape index (κ2) is 5.02. The number of hydrogen-bond acceptors (Lipinski definition) is 6. The van der Waals surface area contributed by atoms with Crippen LogP contribution in [0.1, 0.15) is 13.3 Å². The van der Waals surface area contributed by atoms with E-state index in [-0.39, 0.29) is 6.10 Å². The first-order chi connectivity index (χ1) is 6.58. The third-order valence-electron chi connectivity index (χ3n) is 1.51. The summed E-state index contributed by atoms with van der Waals surface area (Å²) in [5.74, 6) is 1.50. The summed E-state index contributed by atoms with van der Waals surface area (Å²) in [6, 6.07) is 1.51. The van der Waals surface area contributed by atoms with Gasteiger partial charge in [-0.15, -0.1) is 0 Å². The van der Waals surface area contributed by atoms with E-state index in [4.69, 9.17) is 16.6 Å². The highest BCUT2D eigenvalue weighted by Gasteiger charge is 2.02. The van der Waals surface area contributed by atoms with Crippen LogP contribution in [0.25, 0.3) is 0 Å². The number of thioether (sulfide) groups is 1. The summed E-state index contributed by atoms with van der Waals surface area (Å²) in [7, 11) is 0.